The third kappa shape index (κ3) is 2.46. The summed E-state index contributed by atoms with van der Waals surface area (Å²) < 4.78 is 9.29. The van der Waals surface area contributed by atoms with Gasteiger partial charge in [-0.15, -0.1) is 0 Å². The Morgan fingerprint density at radius 1 is 1.13 bits per heavy atom. The highest BCUT2D eigenvalue weighted by Crippen LogP contribution is 2.27. The Bertz CT molecular complexity index is 988. The number of ether oxygens (including phenoxy) is 1. The molecule has 0 amide bonds. The van der Waals surface area contributed by atoms with Crippen molar-refractivity contribution in [2.45, 2.75) is 0 Å². The lowest BCUT2D eigenvalue weighted by Crippen LogP contribution is -1.98. The molecule has 0 aliphatic carbocycles. The molecule has 2 N–H and O–H groups in total. The van der Waals surface area contributed by atoms with Gasteiger partial charge in [-0.25, -0.2) is 9.50 Å². The van der Waals surface area contributed by atoms with Crippen molar-refractivity contribution in [2.75, 3.05) is 5.73 Å². The van der Waals surface area contributed by atoms with Crippen LogP contribution in [0.1, 0.15) is 0 Å². The minimum absolute atomic E-state index is 0.427. The molecule has 4 heterocycles. The third-order valence-corrected chi connectivity index (χ3v) is 3.31. The van der Waals surface area contributed by atoms with E-state index in [9.17, 15) is 0 Å². The Hall–Kier alpha value is -3.42. The Labute approximate surface area is 131 Å². The van der Waals surface area contributed by atoms with Crippen LogP contribution in [0.25, 0.3) is 16.8 Å². The van der Waals surface area contributed by atoms with Gasteiger partial charge in [0.2, 0.25) is 5.88 Å². The van der Waals surface area contributed by atoms with Crippen LogP contribution in [0, 0.1) is 0 Å². The van der Waals surface area contributed by atoms with E-state index in [0.717, 1.165) is 11.1 Å². The van der Waals surface area contributed by atoms with Crippen LogP contribution < -0.4 is 10.5 Å². The largest absolute Gasteiger partial charge is 0.435 e. The Morgan fingerprint density at radius 3 is 2.83 bits per heavy atom. The monoisotopic (exact) mass is 307 g/mol. The molecule has 0 atom stereocenters. The summed E-state index contributed by atoms with van der Waals surface area (Å²) >= 11 is 0. The summed E-state index contributed by atoms with van der Waals surface area (Å²) in [7, 11) is 1.85. The number of nitrogen functional groups attached to an aromatic ring is 1. The van der Waals surface area contributed by atoms with Crippen molar-refractivity contribution in [1.82, 2.24) is 29.4 Å². The average molecular weight is 307 g/mol. The lowest BCUT2D eigenvalue weighted by molar-refractivity contribution is 0.464. The maximum atomic E-state index is 5.86. The predicted molar refractivity (Wildman–Crippen MR) is 83.9 cm³/mol. The van der Waals surface area contributed by atoms with Crippen LogP contribution in [0.5, 0.6) is 11.6 Å². The van der Waals surface area contributed by atoms with Crippen LogP contribution in [0.4, 0.5) is 5.69 Å². The van der Waals surface area contributed by atoms with Gasteiger partial charge in [0.25, 0.3) is 0 Å². The minimum Gasteiger partial charge on any atom is -0.435 e. The summed E-state index contributed by atoms with van der Waals surface area (Å²) in [6.07, 6.45) is 10.3. The zero-order valence-corrected chi connectivity index (χ0v) is 12.3. The molecule has 114 valence electrons. The molecule has 0 aliphatic rings. The Kier molecular flexibility index (Phi) is 2.94. The van der Waals surface area contributed by atoms with Crippen LogP contribution in [0.15, 0.2) is 49.3 Å². The highest BCUT2D eigenvalue weighted by atomic mass is 16.5. The van der Waals surface area contributed by atoms with Gasteiger partial charge < -0.3 is 10.5 Å². The quantitative estimate of drug-likeness (QED) is 0.621. The first-order valence-corrected chi connectivity index (χ1v) is 6.91. The van der Waals surface area contributed by atoms with Crippen LogP contribution in [-0.4, -0.2) is 29.4 Å². The van der Waals surface area contributed by atoms with E-state index in [1.54, 1.807) is 40.1 Å². The Balaban J connectivity index is 1.83. The van der Waals surface area contributed by atoms with Crippen LogP contribution in [-0.2, 0) is 7.05 Å². The first-order chi connectivity index (χ1) is 11.2. The van der Waals surface area contributed by atoms with Gasteiger partial charge in [-0.1, -0.05) is 0 Å². The van der Waals surface area contributed by atoms with E-state index >= 15 is 0 Å². The molecule has 0 radical (unpaired) electrons. The van der Waals surface area contributed by atoms with Gasteiger partial charge in [-0.3, -0.25) is 9.67 Å². The predicted octanol–water partition coefficient (Wildman–Crippen LogP) is 1.90. The smallest absolute Gasteiger partial charge is 0.246 e. The fraction of sp³-hybridized carbons (Fsp3) is 0.0667. The summed E-state index contributed by atoms with van der Waals surface area (Å²) in [4.78, 5) is 8.60. The SMILES string of the molecule is Cn1cc(-c2cn3nccc3c(Oc3cncc(N)c3)n2)cn1. The zero-order valence-electron chi connectivity index (χ0n) is 12.3. The number of hydrogen-bond donors (Lipinski definition) is 1. The number of rotatable bonds is 3. The zero-order chi connectivity index (χ0) is 15.8. The first-order valence-electron chi connectivity index (χ1n) is 6.91. The summed E-state index contributed by atoms with van der Waals surface area (Å²) in [5, 5.41) is 8.43. The first kappa shape index (κ1) is 13.3. The molecule has 23 heavy (non-hydrogen) atoms. The van der Waals surface area contributed by atoms with Crippen molar-refractivity contribution >= 4 is 11.2 Å². The summed E-state index contributed by atoms with van der Waals surface area (Å²) in [6, 6.07) is 3.52. The van der Waals surface area contributed by atoms with Crippen LogP contribution in [0.2, 0.25) is 0 Å². The standard InChI is InChI=1S/C15H13N7O/c1-21-8-10(5-19-21)13-9-22-14(2-3-18-22)15(20-13)23-12-4-11(16)6-17-7-12/h2-9H,16H2,1H3. The van der Waals surface area contributed by atoms with E-state index in [1.807, 2.05) is 25.5 Å². The van der Waals surface area contributed by atoms with Gasteiger partial charge in [0.1, 0.15) is 11.3 Å². The molecule has 0 aromatic carbocycles. The molecule has 0 unspecified atom stereocenters. The van der Waals surface area contributed by atoms with Crippen molar-refractivity contribution in [1.29, 1.82) is 0 Å². The number of nitrogens with two attached hydrogens (primary N) is 1. The molecule has 0 spiro atoms. The van der Waals surface area contributed by atoms with E-state index in [-0.39, 0.29) is 0 Å². The normalized spacial score (nSPS) is 11.0. The molecule has 0 saturated carbocycles. The molecule has 4 aromatic rings. The number of nitrogens with zero attached hydrogens (tertiary/aromatic N) is 6. The topological polar surface area (TPSA) is 96.2 Å². The van der Waals surface area contributed by atoms with Crippen molar-refractivity contribution in [3.63, 3.8) is 0 Å². The van der Waals surface area contributed by atoms with Crippen LogP contribution >= 0.6 is 0 Å². The molecule has 4 aromatic heterocycles. The number of pyridine rings is 1. The van der Waals surface area contributed by atoms with Gasteiger partial charge in [0.15, 0.2) is 0 Å². The number of aromatic nitrogens is 6. The molecule has 8 heteroatoms. The maximum Gasteiger partial charge on any atom is 0.246 e. The number of fused-ring (bicyclic) bond motifs is 1. The minimum atomic E-state index is 0.427. The highest BCUT2D eigenvalue weighted by molar-refractivity contribution is 5.64. The van der Waals surface area contributed by atoms with E-state index in [0.29, 0.717) is 23.0 Å². The molecule has 0 bridgehead atoms. The van der Waals surface area contributed by atoms with Crippen molar-refractivity contribution < 1.29 is 4.74 Å². The van der Waals surface area contributed by atoms with Gasteiger partial charge in [0, 0.05) is 24.9 Å². The van der Waals surface area contributed by atoms with Crippen molar-refractivity contribution in [3.05, 3.63) is 49.3 Å². The van der Waals surface area contributed by atoms with Crippen molar-refractivity contribution in [2.24, 2.45) is 7.05 Å². The maximum absolute atomic E-state index is 5.86. The summed E-state index contributed by atoms with van der Waals surface area (Å²) in [6.45, 7) is 0. The van der Waals surface area contributed by atoms with Gasteiger partial charge in [-0.2, -0.15) is 10.2 Å². The molecule has 0 saturated heterocycles. The molecule has 8 nitrogen and oxygen atoms in total. The van der Waals surface area contributed by atoms with Gasteiger partial charge in [0.05, 0.1) is 42.4 Å². The van der Waals surface area contributed by atoms with E-state index < -0.39 is 0 Å². The van der Waals surface area contributed by atoms with E-state index in [4.69, 9.17) is 10.5 Å². The lowest BCUT2D eigenvalue weighted by Gasteiger charge is -2.08. The van der Waals surface area contributed by atoms with Gasteiger partial charge >= 0.3 is 0 Å². The fourth-order valence-corrected chi connectivity index (χ4v) is 2.27. The Morgan fingerprint density at radius 2 is 2.04 bits per heavy atom. The van der Waals surface area contributed by atoms with Crippen molar-refractivity contribution in [3.8, 4) is 22.9 Å². The third-order valence-electron chi connectivity index (χ3n) is 3.31. The van der Waals surface area contributed by atoms with Gasteiger partial charge in [-0.05, 0) is 6.07 Å². The molecular weight excluding hydrogens is 294 g/mol. The van der Waals surface area contributed by atoms with Crippen LogP contribution in [0.3, 0.4) is 0 Å². The second-order valence-electron chi connectivity index (χ2n) is 5.05. The average Bonchev–Trinajstić information content (AvgIpc) is 3.16. The molecular formula is C15H13N7O. The second-order valence-corrected chi connectivity index (χ2v) is 5.05. The number of aryl methyl sites for hydroxylation is 1. The summed E-state index contributed by atoms with van der Waals surface area (Å²) in [5.41, 5.74) is 8.60. The lowest BCUT2D eigenvalue weighted by atomic mass is 10.2. The fourth-order valence-electron chi connectivity index (χ4n) is 2.27. The summed E-state index contributed by atoms with van der Waals surface area (Å²) in [5.74, 6) is 0.945. The molecule has 0 aliphatic heterocycles. The van der Waals surface area contributed by atoms with E-state index in [2.05, 4.69) is 20.2 Å². The highest BCUT2D eigenvalue weighted by Gasteiger charge is 2.12. The number of hydrogen-bond acceptors (Lipinski definition) is 6. The number of anilines is 1. The molecule has 0 fully saturated rings. The van der Waals surface area contributed by atoms with E-state index in [1.165, 1.54) is 0 Å². The molecule has 4 rings (SSSR count). The second kappa shape index (κ2) is 5.09.